The first-order valence-electron chi connectivity index (χ1n) is 9.89. The van der Waals surface area contributed by atoms with Crippen LogP contribution in [0.4, 0.5) is 0 Å². The van der Waals surface area contributed by atoms with Crippen LogP contribution in [0.15, 0.2) is 39.9 Å². The Balaban J connectivity index is 1.44. The third-order valence-electron chi connectivity index (χ3n) is 9.30. The van der Waals surface area contributed by atoms with Crippen LogP contribution >= 0.6 is 15.9 Å². The maximum atomic E-state index is 13.4. The van der Waals surface area contributed by atoms with E-state index in [-0.39, 0.29) is 45.2 Å². The lowest BCUT2D eigenvalue weighted by atomic mass is 9.64. The van der Waals surface area contributed by atoms with Gasteiger partial charge >= 0.3 is 11.4 Å². The summed E-state index contributed by atoms with van der Waals surface area (Å²) in [6, 6.07) is 9.50. The van der Waals surface area contributed by atoms with E-state index < -0.39 is 0 Å². The Bertz CT molecular complexity index is 1110. The number of hydrogen-bond acceptors (Lipinski definition) is 3. The number of aliphatic hydroxyl groups is 1. The molecular formula is C20H18BrN3O3. The minimum Gasteiger partial charge on any atom is -0.392 e. The molecule has 2 aliphatic heterocycles. The van der Waals surface area contributed by atoms with E-state index in [1.54, 1.807) is 0 Å². The van der Waals surface area contributed by atoms with Crippen LogP contribution in [-0.2, 0) is 0 Å². The molecule has 5 aliphatic carbocycles. The molecule has 7 aliphatic rings. The maximum absolute atomic E-state index is 13.4. The summed E-state index contributed by atoms with van der Waals surface area (Å²) >= 11 is 3.70. The van der Waals surface area contributed by atoms with E-state index in [1.165, 1.54) is 4.57 Å². The van der Waals surface area contributed by atoms with E-state index in [1.807, 2.05) is 39.7 Å². The molecule has 1 aromatic carbocycles. The Morgan fingerprint density at radius 3 is 2.15 bits per heavy atom. The van der Waals surface area contributed by atoms with Crippen LogP contribution in [0.25, 0.3) is 5.69 Å². The van der Waals surface area contributed by atoms with Crippen LogP contribution in [0.3, 0.4) is 0 Å². The SMILES string of the molecule is O=c1n(-c2ccccc2)c(=O)n2n1[C@H]1[C@H]3[C@@H]4[C@@H]3[C@H]2[C@]23C[C@H](Br)[C@@H](O)C[C@@]12[C@@H]43. The highest BCUT2D eigenvalue weighted by molar-refractivity contribution is 9.09. The molecule has 0 unspecified atom stereocenters. The van der Waals surface area contributed by atoms with E-state index in [0.717, 1.165) is 12.8 Å². The third-order valence-corrected chi connectivity index (χ3v) is 10.2. The predicted molar refractivity (Wildman–Crippen MR) is 99.1 cm³/mol. The second kappa shape index (κ2) is 3.79. The summed E-state index contributed by atoms with van der Waals surface area (Å²) in [5.41, 5.74) is 0.431. The smallest absolute Gasteiger partial charge is 0.352 e. The predicted octanol–water partition coefficient (Wildman–Crippen LogP) is 1.31. The van der Waals surface area contributed by atoms with Gasteiger partial charge in [-0.3, -0.25) is 0 Å². The topological polar surface area (TPSA) is 69.2 Å². The van der Waals surface area contributed by atoms with Crippen molar-refractivity contribution < 1.29 is 5.11 Å². The number of aromatic nitrogens is 3. The molecule has 3 heterocycles. The minimum atomic E-state index is -0.356. The second-order valence-electron chi connectivity index (χ2n) is 9.60. The fraction of sp³-hybridized carbons (Fsp3) is 0.600. The molecule has 5 saturated carbocycles. The molecule has 138 valence electrons. The number of nitrogens with zero attached hydrogens (tertiary/aromatic N) is 3. The number of para-hydroxylation sites is 1. The van der Waals surface area contributed by atoms with Crippen molar-refractivity contribution in [2.75, 3.05) is 0 Å². The van der Waals surface area contributed by atoms with E-state index in [2.05, 4.69) is 15.9 Å². The fourth-order valence-electron chi connectivity index (χ4n) is 8.99. The molecule has 9 rings (SSSR count). The number of halogens is 1. The zero-order chi connectivity index (χ0) is 18.0. The zero-order valence-corrected chi connectivity index (χ0v) is 16.0. The lowest BCUT2D eigenvalue weighted by Gasteiger charge is -2.52. The van der Waals surface area contributed by atoms with E-state index in [9.17, 15) is 14.7 Å². The van der Waals surface area contributed by atoms with Gasteiger partial charge in [0.1, 0.15) is 0 Å². The van der Waals surface area contributed by atoms with Gasteiger partial charge in [-0.2, -0.15) is 0 Å². The van der Waals surface area contributed by atoms with Gasteiger partial charge in [0.15, 0.2) is 0 Å². The number of aliphatic hydroxyl groups excluding tert-OH is 1. The Morgan fingerprint density at radius 2 is 1.52 bits per heavy atom. The van der Waals surface area contributed by atoms with Gasteiger partial charge in [0, 0.05) is 15.7 Å². The highest BCUT2D eigenvalue weighted by Crippen LogP contribution is 3.04. The summed E-state index contributed by atoms with van der Waals surface area (Å²) in [5, 5.41) is 10.6. The lowest BCUT2D eigenvalue weighted by molar-refractivity contribution is -0.0543. The van der Waals surface area contributed by atoms with Crippen LogP contribution < -0.4 is 11.4 Å². The van der Waals surface area contributed by atoms with E-state index >= 15 is 0 Å². The van der Waals surface area contributed by atoms with Crippen molar-refractivity contribution in [3.05, 3.63) is 51.3 Å². The molecule has 0 radical (unpaired) electrons. The molecule has 0 amide bonds. The van der Waals surface area contributed by atoms with E-state index in [0.29, 0.717) is 29.4 Å². The highest BCUT2D eigenvalue weighted by Gasteiger charge is 3.03. The molecule has 0 saturated heterocycles. The third kappa shape index (κ3) is 1.10. The first-order chi connectivity index (χ1) is 13.1. The van der Waals surface area contributed by atoms with Gasteiger partial charge in [0.25, 0.3) is 0 Å². The Kier molecular flexibility index (Phi) is 2.02. The summed E-state index contributed by atoms with van der Waals surface area (Å²) in [6.07, 6.45) is 1.34. The number of alkyl halides is 1. The molecule has 1 aromatic heterocycles. The molecular weight excluding hydrogens is 410 g/mol. The van der Waals surface area contributed by atoms with Gasteiger partial charge in [0.05, 0.1) is 23.9 Å². The molecule has 2 spiro atoms. The fourth-order valence-corrected chi connectivity index (χ4v) is 9.72. The molecule has 10 atom stereocenters. The number of benzene rings is 1. The number of rotatable bonds is 1. The van der Waals surface area contributed by atoms with Crippen LogP contribution in [0, 0.1) is 34.5 Å². The Hall–Kier alpha value is -1.60. The average molecular weight is 428 g/mol. The van der Waals surface area contributed by atoms with Crippen LogP contribution in [-0.4, -0.2) is 30.0 Å². The standard InChI is InChI=1S/C20H18BrN3O3/c21-9-6-19-14-11-12-13(11)16(20(14,19)7-10(9)25)24-18(27)22(8-4-2-1-3-5-8)17(26)23(24)15(12)19/h1-5,9-16,25H,6-7H2/t9-,10-,11-,12-,13-,14-,15-,16-,19+,20+/m0/s1. The van der Waals surface area contributed by atoms with Gasteiger partial charge in [-0.1, -0.05) is 34.1 Å². The molecule has 6 nitrogen and oxygen atoms in total. The molecule has 5 fully saturated rings. The van der Waals surface area contributed by atoms with Gasteiger partial charge < -0.3 is 5.11 Å². The molecule has 2 aromatic rings. The first kappa shape index (κ1) is 14.4. The largest absolute Gasteiger partial charge is 0.392 e. The molecule has 1 N–H and O–H groups in total. The summed E-state index contributed by atoms with van der Waals surface area (Å²) < 4.78 is 5.00. The van der Waals surface area contributed by atoms with Gasteiger partial charge in [-0.05, 0) is 48.6 Å². The maximum Gasteiger partial charge on any atom is 0.352 e. The van der Waals surface area contributed by atoms with Crippen molar-refractivity contribution in [1.29, 1.82) is 0 Å². The molecule has 2 bridgehead atoms. The molecule has 27 heavy (non-hydrogen) atoms. The van der Waals surface area contributed by atoms with Crippen LogP contribution in [0.1, 0.15) is 24.9 Å². The van der Waals surface area contributed by atoms with Crippen molar-refractivity contribution in [1.82, 2.24) is 13.9 Å². The van der Waals surface area contributed by atoms with E-state index in [4.69, 9.17) is 0 Å². The monoisotopic (exact) mass is 427 g/mol. The quantitative estimate of drug-likeness (QED) is 0.697. The van der Waals surface area contributed by atoms with Gasteiger partial charge in [-0.25, -0.2) is 23.5 Å². The van der Waals surface area contributed by atoms with Crippen LogP contribution in [0.5, 0.6) is 0 Å². The van der Waals surface area contributed by atoms with Crippen molar-refractivity contribution in [3.63, 3.8) is 0 Å². The van der Waals surface area contributed by atoms with Crippen molar-refractivity contribution in [2.45, 2.75) is 35.9 Å². The second-order valence-corrected chi connectivity index (χ2v) is 10.8. The first-order valence-corrected chi connectivity index (χ1v) is 10.8. The minimum absolute atomic E-state index is 0.0462. The number of hydrogen-bond donors (Lipinski definition) is 1. The Morgan fingerprint density at radius 1 is 0.926 bits per heavy atom. The Labute approximate surface area is 162 Å². The van der Waals surface area contributed by atoms with Gasteiger partial charge in [0.2, 0.25) is 0 Å². The van der Waals surface area contributed by atoms with Crippen molar-refractivity contribution >= 4 is 15.9 Å². The summed E-state index contributed by atoms with van der Waals surface area (Å²) in [6.45, 7) is 0. The summed E-state index contributed by atoms with van der Waals surface area (Å²) in [7, 11) is 0. The van der Waals surface area contributed by atoms with Crippen molar-refractivity contribution in [3.8, 4) is 5.69 Å². The normalized spacial score (nSPS) is 53.9. The molecule has 7 heteroatoms. The lowest BCUT2D eigenvalue weighted by Crippen LogP contribution is -2.56. The highest BCUT2D eigenvalue weighted by atomic mass is 79.9. The van der Waals surface area contributed by atoms with Gasteiger partial charge in [-0.15, -0.1) is 0 Å². The average Bonchev–Trinajstić information content (AvgIpc) is 3.40. The summed E-state index contributed by atoms with van der Waals surface area (Å²) in [5.74, 6) is 2.38. The van der Waals surface area contributed by atoms with Crippen LogP contribution in [0.2, 0.25) is 0 Å². The zero-order valence-electron chi connectivity index (χ0n) is 14.4. The van der Waals surface area contributed by atoms with Crippen molar-refractivity contribution in [2.24, 2.45) is 34.5 Å². The summed E-state index contributed by atoms with van der Waals surface area (Å²) in [4.78, 5) is 26.9.